The SMILES string of the molecule is COc1cc(C(OCc2cn([C@H]3CC(O)[C@@H](CO)O3)c3nc(C)[nH]c(=O)c23)C(C)(C)C)c([N+](=O)[O-])cc1OC. The van der Waals surface area contributed by atoms with Crippen molar-refractivity contribution < 1.29 is 34.1 Å². The Bertz CT molecular complexity index is 1430. The minimum atomic E-state index is -0.879. The average molecular weight is 547 g/mol. The normalized spacial score (nSPS) is 20.4. The number of hydrogen-bond donors (Lipinski definition) is 3. The number of aromatic amines is 1. The minimum absolute atomic E-state index is 0.0799. The highest BCUT2D eigenvalue weighted by molar-refractivity contribution is 5.79. The zero-order chi connectivity index (χ0) is 28.6. The monoisotopic (exact) mass is 546 g/mol. The lowest BCUT2D eigenvalue weighted by atomic mass is 9.83. The van der Waals surface area contributed by atoms with Crippen molar-refractivity contribution in [2.45, 2.75) is 65.3 Å². The van der Waals surface area contributed by atoms with Crippen molar-refractivity contribution in [1.29, 1.82) is 0 Å². The molecule has 3 heterocycles. The van der Waals surface area contributed by atoms with E-state index in [1.807, 2.05) is 20.8 Å². The van der Waals surface area contributed by atoms with Crippen molar-refractivity contribution in [3.8, 4) is 11.5 Å². The van der Waals surface area contributed by atoms with Crippen LogP contribution in [0.15, 0.2) is 23.1 Å². The van der Waals surface area contributed by atoms with E-state index in [-0.39, 0.29) is 42.0 Å². The highest BCUT2D eigenvalue weighted by Gasteiger charge is 2.37. The number of aliphatic hydroxyl groups excluding tert-OH is 2. The predicted molar refractivity (Wildman–Crippen MR) is 140 cm³/mol. The molecule has 13 heteroatoms. The number of H-pyrrole nitrogens is 1. The van der Waals surface area contributed by atoms with Gasteiger partial charge in [0.2, 0.25) is 0 Å². The largest absolute Gasteiger partial charge is 0.493 e. The highest BCUT2D eigenvalue weighted by atomic mass is 16.6. The molecular weight excluding hydrogens is 512 g/mol. The molecule has 3 aromatic rings. The maximum atomic E-state index is 13.0. The van der Waals surface area contributed by atoms with E-state index in [0.717, 1.165) is 0 Å². The van der Waals surface area contributed by atoms with E-state index in [0.29, 0.717) is 28.3 Å². The lowest BCUT2D eigenvalue weighted by molar-refractivity contribution is -0.386. The molecule has 39 heavy (non-hydrogen) atoms. The second kappa shape index (κ2) is 10.9. The van der Waals surface area contributed by atoms with Crippen LogP contribution in [0.25, 0.3) is 11.0 Å². The van der Waals surface area contributed by atoms with Crippen molar-refractivity contribution in [2.24, 2.45) is 5.41 Å². The number of hydrogen-bond acceptors (Lipinski definition) is 10. The number of rotatable bonds is 9. The van der Waals surface area contributed by atoms with Crippen LogP contribution < -0.4 is 15.0 Å². The zero-order valence-corrected chi connectivity index (χ0v) is 22.8. The molecular formula is C26H34N4O9. The lowest BCUT2D eigenvalue weighted by Gasteiger charge is -2.31. The zero-order valence-electron chi connectivity index (χ0n) is 22.8. The Morgan fingerprint density at radius 3 is 2.51 bits per heavy atom. The summed E-state index contributed by atoms with van der Waals surface area (Å²) >= 11 is 0. The molecule has 1 aromatic carbocycles. The topological polar surface area (TPSA) is 171 Å². The molecule has 1 aliphatic rings. The second-order valence-electron chi connectivity index (χ2n) is 10.6. The first-order chi connectivity index (χ1) is 18.4. The molecule has 4 rings (SSSR count). The number of aromatic nitrogens is 3. The third kappa shape index (κ3) is 5.48. The van der Waals surface area contributed by atoms with Crippen LogP contribution in [0.3, 0.4) is 0 Å². The molecule has 4 atom stereocenters. The molecule has 13 nitrogen and oxygen atoms in total. The number of benzene rings is 1. The van der Waals surface area contributed by atoms with Crippen LogP contribution >= 0.6 is 0 Å². The molecule has 1 aliphatic heterocycles. The van der Waals surface area contributed by atoms with Gasteiger partial charge in [0.1, 0.15) is 23.8 Å². The van der Waals surface area contributed by atoms with Gasteiger partial charge in [0.25, 0.3) is 11.2 Å². The molecule has 0 bridgehead atoms. The summed E-state index contributed by atoms with van der Waals surface area (Å²) < 4.78 is 24.5. The van der Waals surface area contributed by atoms with Gasteiger partial charge in [-0.1, -0.05) is 20.8 Å². The maximum Gasteiger partial charge on any atom is 0.279 e. The van der Waals surface area contributed by atoms with Gasteiger partial charge in [0.15, 0.2) is 11.5 Å². The van der Waals surface area contributed by atoms with Gasteiger partial charge < -0.3 is 38.7 Å². The van der Waals surface area contributed by atoms with Crippen molar-refractivity contribution >= 4 is 16.7 Å². The summed E-state index contributed by atoms with van der Waals surface area (Å²) in [5.41, 5.74) is -0.0386. The average Bonchev–Trinajstić information content (AvgIpc) is 3.42. The molecule has 212 valence electrons. The summed E-state index contributed by atoms with van der Waals surface area (Å²) in [5.74, 6) is 0.931. The predicted octanol–water partition coefficient (Wildman–Crippen LogP) is 2.90. The summed E-state index contributed by atoms with van der Waals surface area (Å²) in [4.78, 5) is 31.8. The van der Waals surface area contributed by atoms with Crippen molar-refractivity contribution in [2.75, 3.05) is 20.8 Å². The fraction of sp³-hybridized carbons (Fsp3) is 0.538. The van der Waals surface area contributed by atoms with Gasteiger partial charge in [-0.15, -0.1) is 0 Å². The Labute approximate surface area is 224 Å². The van der Waals surface area contributed by atoms with E-state index >= 15 is 0 Å². The first-order valence-corrected chi connectivity index (χ1v) is 12.5. The summed E-state index contributed by atoms with van der Waals surface area (Å²) in [6.45, 7) is 6.90. The smallest absolute Gasteiger partial charge is 0.279 e. The van der Waals surface area contributed by atoms with Crippen LogP contribution in [0, 0.1) is 22.5 Å². The minimum Gasteiger partial charge on any atom is -0.493 e. The second-order valence-corrected chi connectivity index (χ2v) is 10.6. The number of nitrogens with one attached hydrogen (secondary N) is 1. The standard InChI is InChI=1S/C26H34N4O9/c1-13-27-24-22(25(33)28-13)14(10-29(24)21-9-17(32)20(11-31)39-21)12-38-23(26(2,3)4)15-7-18(36-5)19(37-6)8-16(15)30(34)35/h7-8,10,17,20-21,23,31-32H,9,11-12H2,1-6H3,(H,27,28,33)/t17?,20-,21-,23?/m1/s1. The first kappa shape index (κ1) is 28.5. The van der Waals surface area contributed by atoms with Gasteiger partial charge in [-0.3, -0.25) is 14.9 Å². The van der Waals surface area contributed by atoms with E-state index in [1.165, 1.54) is 26.4 Å². The Morgan fingerprint density at radius 1 is 1.28 bits per heavy atom. The Hall–Kier alpha value is -3.52. The van der Waals surface area contributed by atoms with Crippen molar-refractivity contribution in [1.82, 2.24) is 14.5 Å². The Kier molecular flexibility index (Phi) is 7.98. The molecule has 0 spiro atoms. The molecule has 2 unspecified atom stereocenters. The van der Waals surface area contributed by atoms with E-state index in [9.17, 15) is 25.1 Å². The quantitative estimate of drug-likeness (QED) is 0.268. The number of nitrogens with zero attached hydrogens (tertiary/aromatic N) is 3. The van der Waals surface area contributed by atoms with Crippen molar-refractivity contribution in [3.63, 3.8) is 0 Å². The summed E-state index contributed by atoms with van der Waals surface area (Å²) in [5, 5.41) is 32.1. The number of fused-ring (bicyclic) bond motifs is 1. The van der Waals surface area contributed by atoms with Gasteiger partial charge in [-0.25, -0.2) is 4.98 Å². The maximum absolute atomic E-state index is 13.0. The van der Waals surface area contributed by atoms with E-state index in [2.05, 4.69) is 9.97 Å². The molecule has 0 radical (unpaired) electrons. The van der Waals surface area contributed by atoms with Gasteiger partial charge in [-0.05, 0) is 18.4 Å². The number of ether oxygens (including phenoxy) is 4. The fourth-order valence-electron chi connectivity index (χ4n) is 4.95. The molecule has 0 amide bonds. The van der Waals surface area contributed by atoms with E-state index in [4.69, 9.17) is 18.9 Å². The third-order valence-corrected chi connectivity index (χ3v) is 6.78. The van der Waals surface area contributed by atoms with Crippen LogP contribution in [-0.4, -0.2) is 62.7 Å². The van der Waals surface area contributed by atoms with Crippen LogP contribution in [0.1, 0.15) is 56.5 Å². The molecule has 1 fully saturated rings. The number of aryl methyl sites for hydroxylation is 1. The molecule has 2 aromatic heterocycles. The van der Waals surface area contributed by atoms with E-state index in [1.54, 1.807) is 17.7 Å². The summed E-state index contributed by atoms with van der Waals surface area (Å²) in [6.07, 6.45) is -1.20. The Morgan fingerprint density at radius 2 is 1.95 bits per heavy atom. The van der Waals surface area contributed by atoms with Gasteiger partial charge in [0, 0.05) is 18.2 Å². The van der Waals surface area contributed by atoms with Crippen LogP contribution in [0.2, 0.25) is 0 Å². The molecule has 3 N–H and O–H groups in total. The third-order valence-electron chi connectivity index (χ3n) is 6.78. The van der Waals surface area contributed by atoms with Gasteiger partial charge >= 0.3 is 0 Å². The van der Waals surface area contributed by atoms with Gasteiger partial charge in [0.05, 0.1) is 61.6 Å². The summed E-state index contributed by atoms with van der Waals surface area (Å²) in [6, 6.07) is 2.84. The van der Waals surface area contributed by atoms with Gasteiger partial charge in [-0.2, -0.15) is 0 Å². The van der Waals surface area contributed by atoms with Crippen LogP contribution in [-0.2, 0) is 16.1 Å². The molecule has 0 saturated carbocycles. The number of nitro groups is 1. The molecule has 0 aliphatic carbocycles. The van der Waals surface area contributed by atoms with E-state index < -0.39 is 34.9 Å². The highest BCUT2D eigenvalue weighted by Crippen LogP contribution is 2.45. The number of nitro benzene ring substituents is 1. The Balaban J connectivity index is 1.78. The number of aliphatic hydroxyl groups is 2. The first-order valence-electron chi connectivity index (χ1n) is 12.5. The lowest BCUT2D eigenvalue weighted by Crippen LogP contribution is -2.24. The summed E-state index contributed by atoms with van der Waals surface area (Å²) in [7, 11) is 2.85. The van der Waals surface area contributed by atoms with Crippen molar-refractivity contribution in [3.05, 3.63) is 55.7 Å². The fourth-order valence-corrected chi connectivity index (χ4v) is 4.95. The van der Waals surface area contributed by atoms with Crippen LogP contribution in [0.5, 0.6) is 11.5 Å². The van der Waals surface area contributed by atoms with Crippen LogP contribution in [0.4, 0.5) is 5.69 Å². The number of methoxy groups -OCH3 is 2. The molecule has 1 saturated heterocycles.